The largest absolute Gasteiger partial charge is 0.341 e. The fourth-order valence-electron chi connectivity index (χ4n) is 2.18. The summed E-state index contributed by atoms with van der Waals surface area (Å²) in [6, 6.07) is 6.66. The Labute approximate surface area is 110 Å². The molecule has 0 spiro atoms. The summed E-state index contributed by atoms with van der Waals surface area (Å²) in [4.78, 5) is 4.48. The molecule has 98 valence electrons. The second-order valence-corrected chi connectivity index (χ2v) is 4.99. The summed E-state index contributed by atoms with van der Waals surface area (Å²) < 4.78 is 15.2. The fraction of sp³-hybridized carbons (Fsp3) is 0.286. The second kappa shape index (κ2) is 4.19. The Morgan fingerprint density at radius 1 is 1.26 bits per heavy atom. The van der Waals surface area contributed by atoms with Crippen molar-refractivity contribution in [1.29, 1.82) is 0 Å². The Morgan fingerprint density at radius 3 is 2.74 bits per heavy atom. The maximum absolute atomic E-state index is 13.2. The maximum atomic E-state index is 13.2. The van der Waals surface area contributed by atoms with Gasteiger partial charge >= 0.3 is 0 Å². The molecule has 0 amide bonds. The Balaban J connectivity index is 2.16. The number of hydrogen-bond donors (Lipinski definition) is 1. The molecule has 0 atom stereocenters. The summed E-state index contributed by atoms with van der Waals surface area (Å²) in [7, 11) is 1.93. The second-order valence-electron chi connectivity index (χ2n) is 4.99. The molecule has 1 N–H and O–H groups in total. The third-order valence-corrected chi connectivity index (χ3v) is 3.28. The number of benzene rings is 1. The molecule has 0 saturated heterocycles. The summed E-state index contributed by atoms with van der Waals surface area (Å²) in [5, 5.41) is 8.03. The normalized spacial score (nSPS) is 11.6. The third-order valence-electron chi connectivity index (χ3n) is 3.28. The molecular formula is C14H15FN4. The number of aromatic nitrogens is 4. The lowest BCUT2D eigenvalue weighted by Gasteiger charge is -2.00. The van der Waals surface area contributed by atoms with E-state index in [1.807, 2.05) is 17.7 Å². The van der Waals surface area contributed by atoms with Crippen LogP contribution in [0, 0.1) is 5.82 Å². The predicted octanol–water partition coefficient (Wildman–Crippen LogP) is 3.23. The molecule has 19 heavy (non-hydrogen) atoms. The molecule has 2 aromatic heterocycles. The van der Waals surface area contributed by atoms with Crippen LogP contribution in [0.4, 0.5) is 4.39 Å². The van der Waals surface area contributed by atoms with Gasteiger partial charge in [0, 0.05) is 23.9 Å². The van der Waals surface area contributed by atoms with Crippen LogP contribution in [-0.2, 0) is 7.05 Å². The zero-order chi connectivity index (χ0) is 13.6. The van der Waals surface area contributed by atoms with Crippen LogP contribution in [0.1, 0.15) is 25.6 Å². The maximum Gasteiger partial charge on any atom is 0.197 e. The van der Waals surface area contributed by atoms with Crippen molar-refractivity contribution in [3.05, 3.63) is 35.9 Å². The minimum absolute atomic E-state index is 0.234. The van der Waals surface area contributed by atoms with Crippen molar-refractivity contribution >= 4 is 10.9 Å². The molecule has 0 unspecified atom stereocenters. The van der Waals surface area contributed by atoms with E-state index >= 15 is 0 Å². The first kappa shape index (κ1) is 11.9. The molecule has 0 fully saturated rings. The molecule has 0 aliphatic carbocycles. The summed E-state index contributed by atoms with van der Waals surface area (Å²) in [6.45, 7) is 4.11. The van der Waals surface area contributed by atoms with Gasteiger partial charge in [0.2, 0.25) is 0 Å². The quantitative estimate of drug-likeness (QED) is 0.767. The van der Waals surface area contributed by atoms with Gasteiger partial charge in [0.05, 0.1) is 5.69 Å². The van der Waals surface area contributed by atoms with E-state index in [9.17, 15) is 4.39 Å². The number of aryl methyl sites for hydroxylation is 1. The van der Waals surface area contributed by atoms with E-state index in [-0.39, 0.29) is 5.82 Å². The molecule has 0 radical (unpaired) electrons. The first-order chi connectivity index (χ1) is 9.06. The predicted molar refractivity (Wildman–Crippen MR) is 72.3 cm³/mol. The highest BCUT2D eigenvalue weighted by Crippen LogP contribution is 2.26. The van der Waals surface area contributed by atoms with Gasteiger partial charge in [0.1, 0.15) is 11.6 Å². The molecule has 3 aromatic rings. The van der Waals surface area contributed by atoms with Crippen LogP contribution >= 0.6 is 0 Å². The fourth-order valence-corrected chi connectivity index (χ4v) is 2.18. The van der Waals surface area contributed by atoms with E-state index in [0.29, 0.717) is 11.7 Å². The average Bonchev–Trinajstić information content (AvgIpc) is 2.94. The lowest BCUT2D eigenvalue weighted by molar-refractivity contribution is 0.629. The number of halogens is 1. The van der Waals surface area contributed by atoms with E-state index in [1.165, 1.54) is 12.1 Å². The number of rotatable bonds is 2. The van der Waals surface area contributed by atoms with Gasteiger partial charge in [0.25, 0.3) is 0 Å². The summed E-state index contributed by atoms with van der Waals surface area (Å²) in [5.74, 6) is 1.56. The molecule has 1 aromatic carbocycles. The van der Waals surface area contributed by atoms with Crippen LogP contribution in [0.3, 0.4) is 0 Å². The van der Waals surface area contributed by atoms with E-state index in [2.05, 4.69) is 29.0 Å². The lowest BCUT2D eigenvalue weighted by atomic mass is 10.2. The van der Waals surface area contributed by atoms with Gasteiger partial charge in [-0.3, -0.25) is 5.10 Å². The molecule has 0 aliphatic rings. The minimum atomic E-state index is -0.234. The van der Waals surface area contributed by atoms with Crippen molar-refractivity contribution < 1.29 is 4.39 Å². The smallest absolute Gasteiger partial charge is 0.197 e. The number of fused-ring (bicyclic) bond motifs is 1. The van der Waals surface area contributed by atoms with Crippen LogP contribution in [0.25, 0.3) is 22.4 Å². The van der Waals surface area contributed by atoms with Crippen LogP contribution in [0.15, 0.2) is 24.3 Å². The Bertz CT molecular complexity index is 739. The number of aromatic amines is 1. The summed E-state index contributed by atoms with van der Waals surface area (Å²) in [6.07, 6.45) is 0. The van der Waals surface area contributed by atoms with Crippen molar-refractivity contribution in [1.82, 2.24) is 19.7 Å². The van der Waals surface area contributed by atoms with Crippen LogP contribution in [0.5, 0.6) is 0 Å². The van der Waals surface area contributed by atoms with Gasteiger partial charge in [-0.1, -0.05) is 13.8 Å². The number of hydrogen-bond acceptors (Lipinski definition) is 2. The van der Waals surface area contributed by atoms with Gasteiger partial charge in [0.15, 0.2) is 5.82 Å². The van der Waals surface area contributed by atoms with E-state index < -0.39 is 0 Å². The first-order valence-corrected chi connectivity index (χ1v) is 6.24. The van der Waals surface area contributed by atoms with Gasteiger partial charge in [-0.15, -0.1) is 0 Å². The van der Waals surface area contributed by atoms with E-state index in [1.54, 1.807) is 6.07 Å². The van der Waals surface area contributed by atoms with Gasteiger partial charge in [-0.25, -0.2) is 9.37 Å². The van der Waals surface area contributed by atoms with Gasteiger partial charge < -0.3 is 4.57 Å². The SMILES string of the molecule is CC(C)c1nc(-c2cc3cc(F)ccc3n2C)n[nH]1. The molecule has 3 rings (SSSR count). The van der Waals surface area contributed by atoms with Crippen molar-refractivity contribution in [3.8, 4) is 11.5 Å². The first-order valence-electron chi connectivity index (χ1n) is 6.24. The lowest BCUT2D eigenvalue weighted by Crippen LogP contribution is -1.93. The van der Waals surface area contributed by atoms with Crippen molar-refractivity contribution in [2.45, 2.75) is 19.8 Å². The van der Waals surface area contributed by atoms with E-state index in [0.717, 1.165) is 22.4 Å². The Morgan fingerprint density at radius 2 is 2.05 bits per heavy atom. The summed E-state index contributed by atoms with van der Waals surface area (Å²) >= 11 is 0. The number of nitrogens with zero attached hydrogens (tertiary/aromatic N) is 3. The van der Waals surface area contributed by atoms with E-state index in [4.69, 9.17) is 0 Å². The summed E-state index contributed by atoms with van der Waals surface area (Å²) in [5.41, 5.74) is 1.84. The Kier molecular flexibility index (Phi) is 2.62. The highest BCUT2D eigenvalue weighted by atomic mass is 19.1. The van der Waals surface area contributed by atoms with Crippen molar-refractivity contribution in [2.75, 3.05) is 0 Å². The third kappa shape index (κ3) is 1.91. The van der Waals surface area contributed by atoms with Crippen molar-refractivity contribution in [3.63, 3.8) is 0 Å². The molecule has 4 nitrogen and oxygen atoms in total. The molecule has 0 bridgehead atoms. The topological polar surface area (TPSA) is 46.5 Å². The zero-order valence-corrected chi connectivity index (χ0v) is 11.1. The van der Waals surface area contributed by atoms with Gasteiger partial charge in [-0.2, -0.15) is 5.10 Å². The van der Waals surface area contributed by atoms with Gasteiger partial charge in [-0.05, 0) is 24.3 Å². The molecule has 2 heterocycles. The molecular weight excluding hydrogens is 243 g/mol. The molecule has 0 saturated carbocycles. The van der Waals surface area contributed by atoms with Crippen LogP contribution < -0.4 is 0 Å². The number of nitrogens with one attached hydrogen (secondary N) is 1. The molecule has 0 aliphatic heterocycles. The highest BCUT2D eigenvalue weighted by molar-refractivity contribution is 5.85. The number of H-pyrrole nitrogens is 1. The van der Waals surface area contributed by atoms with Crippen LogP contribution in [-0.4, -0.2) is 19.7 Å². The minimum Gasteiger partial charge on any atom is -0.341 e. The highest BCUT2D eigenvalue weighted by Gasteiger charge is 2.14. The van der Waals surface area contributed by atoms with Crippen molar-refractivity contribution in [2.24, 2.45) is 7.05 Å². The Hall–Kier alpha value is -2.17. The monoisotopic (exact) mass is 258 g/mol. The molecule has 5 heteroatoms. The zero-order valence-electron chi connectivity index (χ0n) is 11.1. The van der Waals surface area contributed by atoms with Crippen LogP contribution in [0.2, 0.25) is 0 Å². The average molecular weight is 258 g/mol. The standard InChI is InChI=1S/C14H15FN4/c1-8(2)13-16-14(18-17-13)12-7-9-6-10(15)4-5-11(9)19(12)3/h4-8H,1-3H3,(H,16,17,18).